The highest BCUT2D eigenvalue weighted by molar-refractivity contribution is 7.18. The van der Waals surface area contributed by atoms with Crippen molar-refractivity contribution < 1.29 is 24.0 Å². The number of Topliss-reactive ketones (excluding diaryl/α,β-unsaturated/α-hetero) is 1. The van der Waals surface area contributed by atoms with E-state index in [1.165, 1.54) is 24.3 Å². The van der Waals surface area contributed by atoms with Gasteiger partial charge in [-0.05, 0) is 18.2 Å². The number of rotatable bonds is 8. The number of benzene rings is 1. The summed E-state index contributed by atoms with van der Waals surface area (Å²) in [5.41, 5.74) is 3.97. The van der Waals surface area contributed by atoms with Gasteiger partial charge < -0.3 is 4.74 Å². The lowest BCUT2D eigenvalue weighted by Crippen LogP contribution is -2.43. The van der Waals surface area contributed by atoms with Gasteiger partial charge in [-0.25, -0.2) is 0 Å². The molecule has 142 valence electrons. The maximum absolute atomic E-state index is 11.9. The van der Waals surface area contributed by atoms with Crippen molar-refractivity contribution in [2.75, 3.05) is 6.61 Å². The van der Waals surface area contributed by atoms with Gasteiger partial charge in [-0.1, -0.05) is 23.7 Å². The van der Waals surface area contributed by atoms with Crippen LogP contribution in [0.3, 0.4) is 0 Å². The third-order valence-corrected chi connectivity index (χ3v) is 4.46. The predicted molar refractivity (Wildman–Crippen MR) is 97.8 cm³/mol. The zero-order valence-electron chi connectivity index (χ0n) is 13.8. The van der Waals surface area contributed by atoms with Gasteiger partial charge in [0.25, 0.3) is 5.91 Å². The van der Waals surface area contributed by atoms with Crippen LogP contribution < -0.4 is 15.6 Å². The van der Waals surface area contributed by atoms with Crippen LogP contribution in [0.4, 0.5) is 5.69 Å². The number of ether oxygens (including phenoxy) is 1. The van der Waals surface area contributed by atoms with Gasteiger partial charge in [0.15, 0.2) is 18.1 Å². The molecule has 2 N–H and O–H groups in total. The topological polar surface area (TPSA) is 128 Å². The third kappa shape index (κ3) is 6.35. The molecule has 27 heavy (non-hydrogen) atoms. The first kappa shape index (κ1) is 20.3. The van der Waals surface area contributed by atoms with Gasteiger partial charge in [0.1, 0.15) is 0 Å². The smallest absolute Gasteiger partial charge is 0.310 e. The van der Waals surface area contributed by atoms with Crippen LogP contribution in [-0.4, -0.2) is 29.1 Å². The fourth-order valence-electron chi connectivity index (χ4n) is 1.93. The number of thiophene rings is 1. The Morgan fingerprint density at radius 2 is 1.78 bits per heavy atom. The van der Waals surface area contributed by atoms with E-state index in [4.69, 9.17) is 16.3 Å². The Morgan fingerprint density at radius 3 is 2.44 bits per heavy atom. The number of nitro groups is 1. The lowest BCUT2D eigenvalue weighted by atomic mass is 10.2. The molecule has 0 fully saturated rings. The molecular weight excluding hydrogens is 398 g/mol. The summed E-state index contributed by atoms with van der Waals surface area (Å²) in [7, 11) is 0. The Hall–Kier alpha value is -2.98. The number of carbonyl (C=O) groups is 3. The number of amides is 2. The highest BCUT2D eigenvalue weighted by Gasteiger charge is 2.15. The summed E-state index contributed by atoms with van der Waals surface area (Å²) in [6.45, 7) is -0.530. The van der Waals surface area contributed by atoms with E-state index in [2.05, 4.69) is 10.9 Å². The summed E-state index contributed by atoms with van der Waals surface area (Å²) in [6, 6.07) is 8.77. The second kappa shape index (κ2) is 9.64. The van der Waals surface area contributed by atoms with Crippen molar-refractivity contribution in [2.45, 2.75) is 12.8 Å². The molecule has 0 unspecified atom stereocenters. The standard InChI is InChI=1S/C16H14ClN3O6S/c17-14-7-6-13(27-14)11(21)5-8-15(22)18-19-16(23)9-26-12-4-2-1-3-10(12)20(24)25/h1-4,6-7H,5,8-9H2,(H,18,22)(H,19,23). The van der Waals surface area contributed by atoms with E-state index in [0.717, 1.165) is 11.3 Å². The fraction of sp³-hybridized carbons (Fsp3) is 0.188. The second-order valence-electron chi connectivity index (χ2n) is 5.14. The number of halogens is 1. The molecule has 0 spiro atoms. The minimum atomic E-state index is -0.710. The number of carbonyl (C=O) groups excluding carboxylic acids is 3. The molecule has 0 radical (unpaired) electrons. The summed E-state index contributed by atoms with van der Waals surface area (Å²) in [4.78, 5) is 45.9. The largest absolute Gasteiger partial charge is 0.477 e. The molecule has 2 amide bonds. The molecule has 2 aromatic rings. The first-order valence-corrected chi connectivity index (χ1v) is 8.78. The first-order chi connectivity index (χ1) is 12.9. The zero-order chi connectivity index (χ0) is 19.8. The number of hydrazine groups is 1. The molecular formula is C16H14ClN3O6S. The number of hydrogen-bond acceptors (Lipinski definition) is 7. The van der Waals surface area contributed by atoms with Crippen molar-refractivity contribution in [1.29, 1.82) is 0 Å². The van der Waals surface area contributed by atoms with Crippen LogP contribution in [0.5, 0.6) is 5.75 Å². The Morgan fingerprint density at radius 1 is 1.07 bits per heavy atom. The van der Waals surface area contributed by atoms with Crippen LogP contribution in [0.15, 0.2) is 36.4 Å². The van der Waals surface area contributed by atoms with Gasteiger partial charge in [0, 0.05) is 18.9 Å². The molecule has 0 bridgehead atoms. The molecule has 11 heteroatoms. The Kier molecular flexibility index (Phi) is 7.26. The van der Waals surface area contributed by atoms with E-state index in [0.29, 0.717) is 9.21 Å². The first-order valence-electron chi connectivity index (χ1n) is 7.59. The number of nitrogens with one attached hydrogen (secondary N) is 2. The van der Waals surface area contributed by atoms with Gasteiger partial charge in [0.05, 0.1) is 14.1 Å². The normalized spacial score (nSPS) is 10.1. The van der Waals surface area contributed by atoms with Crippen molar-refractivity contribution >= 4 is 46.2 Å². The van der Waals surface area contributed by atoms with E-state index in [-0.39, 0.29) is 30.1 Å². The average Bonchev–Trinajstić information content (AvgIpc) is 3.09. The van der Waals surface area contributed by atoms with Gasteiger partial charge in [-0.15, -0.1) is 11.3 Å². The highest BCUT2D eigenvalue weighted by atomic mass is 35.5. The molecule has 1 aromatic heterocycles. The number of hydrogen-bond donors (Lipinski definition) is 2. The maximum Gasteiger partial charge on any atom is 0.310 e. The molecule has 2 rings (SSSR count). The predicted octanol–water partition coefficient (Wildman–Crippen LogP) is 2.50. The Balaban J connectivity index is 1.71. The quantitative estimate of drug-likeness (QED) is 0.390. The summed E-state index contributed by atoms with van der Waals surface area (Å²) >= 11 is 6.87. The summed E-state index contributed by atoms with van der Waals surface area (Å²) in [5, 5.41) is 10.8. The minimum absolute atomic E-state index is 0.0365. The number of nitro benzene ring substituents is 1. The van der Waals surface area contributed by atoms with Crippen molar-refractivity contribution in [1.82, 2.24) is 10.9 Å². The zero-order valence-corrected chi connectivity index (χ0v) is 15.3. The molecule has 0 aliphatic carbocycles. The van der Waals surface area contributed by atoms with E-state index in [1.54, 1.807) is 12.1 Å². The maximum atomic E-state index is 11.9. The SMILES string of the molecule is O=C(CCC(=O)c1ccc(Cl)s1)NNC(=O)COc1ccccc1[N+](=O)[O-]. The van der Waals surface area contributed by atoms with Crippen molar-refractivity contribution in [3.05, 3.63) is 55.7 Å². The van der Waals surface area contributed by atoms with E-state index in [1.807, 2.05) is 0 Å². The van der Waals surface area contributed by atoms with Gasteiger partial charge in [-0.2, -0.15) is 0 Å². The molecule has 1 heterocycles. The fourth-order valence-corrected chi connectivity index (χ4v) is 2.94. The molecule has 9 nitrogen and oxygen atoms in total. The summed E-state index contributed by atoms with van der Waals surface area (Å²) in [5.74, 6) is -1.57. The lowest BCUT2D eigenvalue weighted by Gasteiger charge is -2.08. The van der Waals surface area contributed by atoms with E-state index in [9.17, 15) is 24.5 Å². The van der Waals surface area contributed by atoms with Crippen LogP contribution in [0.2, 0.25) is 4.34 Å². The van der Waals surface area contributed by atoms with E-state index >= 15 is 0 Å². The van der Waals surface area contributed by atoms with Crippen LogP contribution >= 0.6 is 22.9 Å². The van der Waals surface area contributed by atoms with Gasteiger partial charge in [0.2, 0.25) is 5.91 Å². The summed E-state index contributed by atoms with van der Waals surface area (Å²) in [6.07, 6.45) is -0.162. The van der Waals surface area contributed by atoms with Crippen LogP contribution in [-0.2, 0) is 9.59 Å². The average molecular weight is 412 g/mol. The molecule has 0 aliphatic rings. The number of ketones is 1. The van der Waals surface area contributed by atoms with Crippen molar-refractivity contribution in [3.63, 3.8) is 0 Å². The molecule has 0 saturated heterocycles. The molecule has 0 saturated carbocycles. The number of nitrogens with zero attached hydrogens (tertiary/aromatic N) is 1. The second-order valence-corrected chi connectivity index (χ2v) is 6.85. The van der Waals surface area contributed by atoms with E-state index < -0.39 is 23.3 Å². The van der Waals surface area contributed by atoms with Gasteiger partial charge >= 0.3 is 5.69 Å². The van der Waals surface area contributed by atoms with Crippen molar-refractivity contribution in [3.8, 4) is 5.75 Å². The van der Waals surface area contributed by atoms with Crippen LogP contribution in [0.25, 0.3) is 0 Å². The molecule has 0 atom stereocenters. The van der Waals surface area contributed by atoms with Crippen LogP contribution in [0.1, 0.15) is 22.5 Å². The highest BCUT2D eigenvalue weighted by Crippen LogP contribution is 2.25. The van der Waals surface area contributed by atoms with Crippen LogP contribution in [0, 0.1) is 10.1 Å². The third-order valence-electron chi connectivity index (χ3n) is 3.19. The van der Waals surface area contributed by atoms with Gasteiger partial charge in [-0.3, -0.25) is 35.3 Å². The Bertz CT molecular complexity index is 869. The molecule has 1 aromatic carbocycles. The van der Waals surface area contributed by atoms with Crippen molar-refractivity contribution in [2.24, 2.45) is 0 Å². The molecule has 0 aliphatic heterocycles. The Labute approximate surface area is 162 Å². The minimum Gasteiger partial charge on any atom is -0.477 e. The number of para-hydroxylation sites is 2. The lowest BCUT2D eigenvalue weighted by molar-refractivity contribution is -0.385. The monoisotopic (exact) mass is 411 g/mol. The summed E-state index contributed by atoms with van der Waals surface area (Å²) < 4.78 is 5.56.